The molecule has 0 radical (unpaired) electrons. The van der Waals surface area contributed by atoms with Crippen molar-refractivity contribution in [3.05, 3.63) is 0 Å². The molecule has 0 spiro atoms. The highest BCUT2D eigenvalue weighted by atomic mass is 28.4. The molecule has 2 fully saturated rings. The fourth-order valence-corrected chi connectivity index (χ4v) is 6.55. The Morgan fingerprint density at radius 3 is 2.18 bits per heavy atom. The van der Waals surface area contributed by atoms with Crippen LogP contribution in [0.4, 0.5) is 0 Å². The summed E-state index contributed by atoms with van der Waals surface area (Å²) in [5.74, 6) is -0.0762. The van der Waals surface area contributed by atoms with Crippen LogP contribution in [-0.4, -0.2) is 26.5 Å². The Bertz CT molecular complexity index is 327. The van der Waals surface area contributed by atoms with Gasteiger partial charge in [-0.2, -0.15) is 0 Å². The minimum atomic E-state index is -1.66. The van der Waals surface area contributed by atoms with Gasteiger partial charge in [0.1, 0.15) is 12.2 Å². The van der Waals surface area contributed by atoms with E-state index in [1.54, 1.807) is 0 Å². The molecule has 2 aliphatic rings. The molecule has 98 valence electrons. The van der Waals surface area contributed by atoms with Gasteiger partial charge in [0.2, 0.25) is 0 Å². The van der Waals surface area contributed by atoms with Crippen LogP contribution in [0.1, 0.15) is 34.6 Å². The van der Waals surface area contributed by atoms with E-state index in [1.165, 1.54) is 0 Å². The zero-order valence-electron chi connectivity index (χ0n) is 11.6. The van der Waals surface area contributed by atoms with Crippen LogP contribution in [0.15, 0.2) is 0 Å². The highest BCUT2D eigenvalue weighted by Crippen LogP contribution is 2.68. The average molecular weight is 256 g/mol. The Kier molecular flexibility index (Phi) is 2.94. The average Bonchev–Trinajstić information content (AvgIpc) is 2.59. The normalized spacial score (nSPS) is 34.4. The van der Waals surface area contributed by atoms with E-state index in [9.17, 15) is 4.79 Å². The first-order chi connectivity index (χ1) is 7.89. The summed E-state index contributed by atoms with van der Waals surface area (Å²) < 4.78 is 11.8. The van der Waals surface area contributed by atoms with Gasteiger partial charge >= 0.3 is 5.97 Å². The molecule has 17 heavy (non-hydrogen) atoms. The minimum Gasteiger partial charge on any atom is -0.462 e. The lowest BCUT2D eigenvalue weighted by atomic mass is 10.1. The zero-order valence-corrected chi connectivity index (χ0v) is 12.6. The lowest BCUT2D eigenvalue weighted by Gasteiger charge is -2.34. The summed E-state index contributed by atoms with van der Waals surface area (Å²) in [6.07, 6.45) is 0. The van der Waals surface area contributed by atoms with E-state index in [-0.39, 0.29) is 22.9 Å². The number of ether oxygens (including phenoxy) is 1. The molecule has 3 nitrogen and oxygen atoms in total. The van der Waals surface area contributed by atoms with Gasteiger partial charge in [-0.05, 0) is 18.1 Å². The molecular formula is C13H24O3Si. The smallest absolute Gasteiger partial charge is 0.312 e. The van der Waals surface area contributed by atoms with Crippen LogP contribution in [0, 0.1) is 11.3 Å². The molecule has 2 rings (SSSR count). The van der Waals surface area contributed by atoms with Crippen molar-refractivity contribution in [2.45, 2.75) is 58.4 Å². The molecule has 0 aromatic rings. The van der Waals surface area contributed by atoms with E-state index in [0.717, 1.165) is 18.1 Å². The molecule has 1 saturated carbocycles. The zero-order chi connectivity index (χ0) is 12.9. The Labute approximate surface area is 105 Å². The topological polar surface area (TPSA) is 35.5 Å². The second-order valence-electron chi connectivity index (χ2n) is 6.00. The van der Waals surface area contributed by atoms with Crippen molar-refractivity contribution in [3.8, 4) is 0 Å². The number of hydrogen-bond donors (Lipinski definition) is 0. The van der Waals surface area contributed by atoms with Gasteiger partial charge in [-0.3, -0.25) is 4.79 Å². The molecule has 0 bridgehead atoms. The standard InChI is InChI=1S/C13H24O3Si/c1-6-17(7-2,8-3)16-13-9-15-11(14)10(13)12(13,4)5/h10H,6-9H2,1-5H3/t10-,13+/m0/s1. The molecule has 2 atom stereocenters. The van der Waals surface area contributed by atoms with Gasteiger partial charge in [-0.25, -0.2) is 0 Å². The van der Waals surface area contributed by atoms with Gasteiger partial charge in [0.25, 0.3) is 0 Å². The molecular weight excluding hydrogens is 232 g/mol. The van der Waals surface area contributed by atoms with Gasteiger partial charge in [0.15, 0.2) is 8.32 Å². The molecule has 4 heteroatoms. The van der Waals surface area contributed by atoms with E-state index in [4.69, 9.17) is 9.16 Å². The summed E-state index contributed by atoms with van der Waals surface area (Å²) >= 11 is 0. The first-order valence-electron chi connectivity index (χ1n) is 6.76. The summed E-state index contributed by atoms with van der Waals surface area (Å²) in [4.78, 5) is 11.7. The number of carbonyl (C=O) groups is 1. The van der Waals surface area contributed by atoms with Gasteiger partial charge in [-0.15, -0.1) is 0 Å². The summed E-state index contributed by atoms with van der Waals surface area (Å²) in [6.45, 7) is 11.4. The third-order valence-electron chi connectivity index (χ3n) is 5.19. The number of rotatable bonds is 5. The van der Waals surface area contributed by atoms with Crippen molar-refractivity contribution in [1.82, 2.24) is 0 Å². The maximum absolute atomic E-state index is 11.7. The second kappa shape index (κ2) is 3.82. The molecule has 0 amide bonds. The summed E-state index contributed by atoms with van der Waals surface area (Å²) in [5.41, 5.74) is -0.321. The Morgan fingerprint density at radius 2 is 1.82 bits per heavy atom. The highest BCUT2D eigenvalue weighted by molar-refractivity contribution is 6.73. The van der Waals surface area contributed by atoms with Gasteiger partial charge in [0, 0.05) is 5.41 Å². The maximum atomic E-state index is 11.7. The van der Waals surface area contributed by atoms with E-state index < -0.39 is 8.32 Å². The summed E-state index contributed by atoms with van der Waals surface area (Å²) in [5, 5.41) is 0. The van der Waals surface area contributed by atoms with Crippen LogP contribution in [0.5, 0.6) is 0 Å². The number of esters is 1. The van der Waals surface area contributed by atoms with E-state index in [1.807, 2.05) is 0 Å². The van der Waals surface area contributed by atoms with Crippen molar-refractivity contribution in [1.29, 1.82) is 0 Å². The maximum Gasteiger partial charge on any atom is 0.312 e. The van der Waals surface area contributed by atoms with Crippen molar-refractivity contribution in [2.75, 3.05) is 6.61 Å². The molecule has 0 aromatic heterocycles. The van der Waals surface area contributed by atoms with E-state index in [0.29, 0.717) is 6.61 Å². The number of cyclic esters (lactones) is 1. The molecule has 1 heterocycles. The first kappa shape index (κ1) is 13.1. The predicted molar refractivity (Wildman–Crippen MR) is 69.2 cm³/mol. The van der Waals surface area contributed by atoms with E-state index in [2.05, 4.69) is 34.6 Å². The van der Waals surface area contributed by atoms with Gasteiger partial charge < -0.3 is 9.16 Å². The van der Waals surface area contributed by atoms with Crippen molar-refractivity contribution in [3.63, 3.8) is 0 Å². The summed E-state index contributed by atoms with van der Waals surface area (Å²) in [7, 11) is -1.66. The van der Waals surface area contributed by atoms with Gasteiger partial charge in [0.05, 0.1) is 5.92 Å². The van der Waals surface area contributed by atoms with Crippen LogP contribution in [0.2, 0.25) is 18.1 Å². The molecule has 1 aliphatic carbocycles. The Balaban J connectivity index is 2.22. The van der Waals surface area contributed by atoms with E-state index >= 15 is 0 Å². The minimum absolute atomic E-state index is 0.0217. The second-order valence-corrected chi connectivity index (χ2v) is 10.7. The SMILES string of the molecule is CC[Si](CC)(CC)O[C@]12COC(=O)[C@H]1C2(C)C. The fraction of sp³-hybridized carbons (Fsp3) is 0.923. The fourth-order valence-electron chi connectivity index (χ4n) is 3.40. The van der Waals surface area contributed by atoms with Crippen LogP contribution in [-0.2, 0) is 14.0 Å². The molecule has 1 aliphatic heterocycles. The molecule has 0 N–H and O–H groups in total. The Hall–Kier alpha value is -0.353. The molecule has 0 aromatic carbocycles. The van der Waals surface area contributed by atoms with Crippen LogP contribution >= 0.6 is 0 Å². The monoisotopic (exact) mass is 256 g/mol. The largest absolute Gasteiger partial charge is 0.462 e. The third-order valence-corrected chi connectivity index (χ3v) is 9.85. The first-order valence-corrected chi connectivity index (χ1v) is 9.29. The third kappa shape index (κ3) is 1.53. The predicted octanol–water partition coefficient (Wildman–Crippen LogP) is 2.96. The van der Waals surface area contributed by atoms with Crippen molar-refractivity contribution in [2.24, 2.45) is 11.3 Å². The van der Waals surface area contributed by atoms with Crippen LogP contribution in [0.3, 0.4) is 0 Å². The number of hydrogen-bond acceptors (Lipinski definition) is 3. The van der Waals surface area contributed by atoms with Gasteiger partial charge in [-0.1, -0.05) is 34.6 Å². The van der Waals surface area contributed by atoms with Crippen LogP contribution < -0.4 is 0 Å². The summed E-state index contributed by atoms with van der Waals surface area (Å²) in [6, 6.07) is 3.37. The molecule has 1 saturated heterocycles. The highest BCUT2D eigenvalue weighted by Gasteiger charge is 2.81. The lowest BCUT2D eigenvalue weighted by Crippen LogP contribution is -2.44. The number of carbonyl (C=O) groups excluding carboxylic acids is 1. The lowest BCUT2D eigenvalue weighted by molar-refractivity contribution is -0.143. The Morgan fingerprint density at radius 1 is 1.29 bits per heavy atom. The number of fused-ring (bicyclic) bond motifs is 1. The molecule has 0 unspecified atom stereocenters. The van der Waals surface area contributed by atoms with Crippen molar-refractivity contribution >= 4 is 14.3 Å². The van der Waals surface area contributed by atoms with Crippen molar-refractivity contribution < 1.29 is 14.0 Å². The van der Waals surface area contributed by atoms with Crippen LogP contribution in [0.25, 0.3) is 0 Å². The quantitative estimate of drug-likeness (QED) is 0.560.